The lowest BCUT2D eigenvalue weighted by atomic mass is 10.2. The van der Waals surface area contributed by atoms with E-state index in [1.165, 1.54) is 0 Å². The van der Waals surface area contributed by atoms with E-state index in [0.29, 0.717) is 11.5 Å². The fourth-order valence-electron chi connectivity index (χ4n) is 2.37. The Balaban J connectivity index is 0.000000653. The highest BCUT2D eigenvalue weighted by Crippen LogP contribution is 2.49. The lowest BCUT2D eigenvalue weighted by Gasteiger charge is -2.31. The summed E-state index contributed by atoms with van der Waals surface area (Å²) in [5.74, 6) is 0.781. The van der Waals surface area contributed by atoms with Crippen molar-refractivity contribution in [2.24, 2.45) is 0 Å². The fourth-order valence-corrected chi connectivity index (χ4v) is 4.88. The summed E-state index contributed by atoms with van der Waals surface area (Å²) in [5, 5.41) is 3.53. The van der Waals surface area contributed by atoms with E-state index in [9.17, 15) is 8.42 Å². The highest BCUT2D eigenvalue weighted by Gasteiger charge is 2.60. The first-order chi connectivity index (χ1) is 5.54. The largest absolute Gasteiger partial charge is 0.304 e. The maximum absolute atomic E-state index is 11.5. The molecule has 2 saturated carbocycles. The van der Waals surface area contributed by atoms with Crippen LogP contribution in [0.15, 0.2) is 0 Å². The van der Waals surface area contributed by atoms with Gasteiger partial charge in [0.1, 0.15) is 0 Å². The zero-order valence-corrected chi connectivity index (χ0v) is 9.01. The Labute approximate surface area is 84.6 Å². The van der Waals surface area contributed by atoms with Crippen molar-refractivity contribution in [1.29, 1.82) is 0 Å². The number of nitrogens with one attached hydrogen (secondary N) is 1. The standard InChI is InChI=1S/C8H13NO2S.ClH/c10-12(11)5-7(1-2-7)9-8(6-12)3-4-8;/h9H,1-6H2;1H. The van der Waals surface area contributed by atoms with Gasteiger partial charge in [0.05, 0.1) is 11.5 Å². The van der Waals surface area contributed by atoms with Gasteiger partial charge in [-0.15, -0.1) is 12.4 Å². The highest BCUT2D eigenvalue weighted by atomic mass is 35.5. The monoisotopic (exact) mass is 223 g/mol. The summed E-state index contributed by atoms with van der Waals surface area (Å²) in [7, 11) is -2.74. The molecule has 2 spiro atoms. The molecule has 2 aliphatic carbocycles. The first-order valence-electron chi connectivity index (χ1n) is 4.53. The molecule has 13 heavy (non-hydrogen) atoms. The van der Waals surface area contributed by atoms with E-state index >= 15 is 0 Å². The summed E-state index contributed by atoms with van der Waals surface area (Å²) in [4.78, 5) is 0. The normalized spacial score (nSPS) is 35.4. The Morgan fingerprint density at radius 3 is 1.62 bits per heavy atom. The van der Waals surface area contributed by atoms with Gasteiger partial charge in [-0.2, -0.15) is 0 Å². The molecule has 0 bridgehead atoms. The molecule has 0 unspecified atom stereocenters. The molecule has 3 aliphatic rings. The number of hydrogen-bond donors (Lipinski definition) is 1. The quantitative estimate of drug-likeness (QED) is 0.650. The van der Waals surface area contributed by atoms with Crippen LogP contribution in [0.3, 0.4) is 0 Å². The van der Waals surface area contributed by atoms with E-state index < -0.39 is 9.84 Å². The van der Waals surface area contributed by atoms with Crippen LogP contribution in [-0.4, -0.2) is 31.0 Å². The first kappa shape index (κ1) is 9.74. The van der Waals surface area contributed by atoms with E-state index in [1.807, 2.05) is 0 Å². The van der Waals surface area contributed by atoms with E-state index in [2.05, 4.69) is 5.32 Å². The minimum atomic E-state index is -2.74. The highest BCUT2D eigenvalue weighted by molar-refractivity contribution is 7.91. The topological polar surface area (TPSA) is 46.2 Å². The molecule has 0 aromatic rings. The van der Waals surface area contributed by atoms with Gasteiger partial charge in [0, 0.05) is 11.1 Å². The maximum Gasteiger partial charge on any atom is 0.153 e. The molecular formula is C8H14ClNO2S. The summed E-state index contributed by atoms with van der Waals surface area (Å²) in [6, 6.07) is 0. The smallest absolute Gasteiger partial charge is 0.153 e. The van der Waals surface area contributed by atoms with Crippen molar-refractivity contribution in [2.45, 2.75) is 36.8 Å². The van der Waals surface area contributed by atoms with Gasteiger partial charge in [-0.1, -0.05) is 0 Å². The minimum Gasteiger partial charge on any atom is -0.304 e. The molecule has 1 aliphatic heterocycles. The van der Waals surface area contributed by atoms with Gasteiger partial charge in [0.15, 0.2) is 9.84 Å². The molecule has 5 heteroatoms. The average Bonchev–Trinajstić information content (AvgIpc) is 2.74. The predicted octanol–water partition coefficient (Wildman–Crippen LogP) is 0.491. The zero-order chi connectivity index (χ0) is 8.45. The van der Waals surface area contributed by atoms with Gasteiger partial charge in [0.25, 0.3) is 0 Å². The summed E-state index contributed by atoms with van der Waals surface area (Å²) in [6.45, 7) is 0. The Morgan fingerprint density at radius 2 is 1.31 bits per heavy atom. The van der Waals surface area contributed by atoms with Gasteiger partial charge in [0.2, 0.25) is 0 Å². The van der Waals surface area contributed by atoms with Crippen LogP contribution in [0.4, 0.5) is 0 Å². The molecule has 3 nitrogen and oxygen atoms in total. The van der Waals surface area contributed by atoms with Gasteiger partial charge in [-0.05, 0) is 25.7 Å². The third-order valence-corrected chi connectivity index (χ3v) is 5.21. The molecule has 3 rings (SSSR count). The molecule has 0 atom stereocenters. The molecule has 0 amide bonds. The van der Waals surface area contributed by atoms with Crippen LogP contribution in [-0.2, 0) is 9.84 Å². The van der Waals surface area contributed by atoms with Crippen molar-refractivity contribution >= 4 is 22.2 Å². The van der Waals surface area contributed by atoms with Gasteiger partial charge in [-0.3, -0.25) is 0 Å². The summed E-state index contributed by atoms with van der Waals surface area (Å²) in [6.07, 6.45) is 4.25. The number of sulfone groups is 1. The molecule has 1 N–H and O–H groups in total. The first-order valence-corrected chi connectivity index (χ1v) is 6.35. The number of halogens is 1. The maximum atomic E-state index is 11.5. The van der Waals surface area contributed by atoms with Crippen LogP contribution in [0.2, 0.25) is 0 Å². The Morgan fingerprint density at radius 1 is 0.923 bits per heavy atom. The van der Waals surface area contributed by atoms with E-state index in [-0.39, 0.29) is 23.5 Å². The van der Waals surface area contributed by atoms with Crippen molar-refractivity contribution in [3.63, 3.8) is 0 Å². The van der Waals surface area contributed by atoms with Crippen molar-refractivity contribution < 1.29 is 8.42 Å². The predicted molar refractivity (Wildman–Crippen MR) is 53.0 cm³/mol. The van der Waals surface area contributed by atoms with E-state index in [0.717, 1.165) is 25.7 Å². The third kappa shape index (κ3) is 1.60. The van der Waals surface area contributed by atoms with Crippen molar-refractivity contribution in [2.75, 3.05) is 11.5 Å². The fraction of sp³-hybridized carbons (Fsp3) is 1.00. The van der Waals surface area contributed by atoms with Crippen LogP contribution < -0.4 is 5.32 Å². The summed E-state index contributed by atoms with van der Waals surface area (Å²) >= 11 is 0. The van der Waals surface area contributed by atoms with Crippen LogP contribution in [0.1, 0.15) is 25.7 Å². The van der Waals surface area contributed by atoms with Crippen LogP contribution in [0, 0.1) is 0 Å². The zero-order valence-electron chi connectivity index (χ0n) is 7.38. The molecule has 3 fully saturated rings. The summed E-state index contributed by atoms with van der Waals surface area (Å²) < 4.78 is 23.0. The minimum absolute atomic E-state index is 0. The molecule has 0 aromatic carbocycles. The number of hydrogen-bond acceptors (Lipinski definition) is 3. The molecule has 0 radical (unpaired) electrons. The Hall–Kier alpha value is 0.200. The lowest BCUT2D eigenvalue weighted by Crippen LogP contribution is -2.55. The van der Waals surface area contributed by atoms with E-state index in [1.54, 1.807) is 0 Å². The van der Waals surface area contributed by atoms with Crippen LogP contribution >= 0.6 is 12.4 Å². The molecule has 1 saturated heterocycles. The van der Waals surface area contributed by atoms with Gasteiger partial charge >= 0.3 is 0 Å². The molecule has 76 valence electrons. The van der Waals surface area contributed by atoms with Gasteiger partial charge < -0.3 is 5.32 Å². The van der Waals surface area contributed by atoms with Crippen LogP contribution in [0.5, 0.6) is 0 Å². The van der Waals surface area contributed by atoms with Crippen molar-refractivity contribution in [3.05, 3.63) is 0 Å². The van der Waals surface area contributed by atoms with E-state index in [4.69, 9.17) is 0 Å². The second-order valence-electron chi connectivity index (χ2n) is 4.72. The lowest BCUT2D eigenvalue weighted by molar-refractivity contribution is 0.414. The summed E-state index contributed by atoms with van der Waals surface area (Å²) in [5.41, 5.74) is 0.0428. The second kappa shape index (κ2) is 2.41. The molecule has 0 aromatic heterocycles. The Bertz CT molecular complexity index is 304. The third-order valence-electron chi connectivity index (χ3n) is 3.23. The van der Waals surface area contributed by atoms with Crippen molar-refractivity contribution in [3.8, 4) is 0 Å². The SMILES string of the molecule is Cl.O=S1(=O)CC2(CC2)NC2(CC2)C1. The number of rotatable bonds is 0. The van der Waals surface area contributed by atoms with Crippen LogP contribution in [0.25, 0.3) is 0 Å². The molecule has 1 heterocycles. The second-order valence-corrected chi connectivity index (χ2v) is 6.78. The molecular weight excluding hydrogens is 210 g/mol. The van der Waals surface area contributed by atoms with Crippen molar-refractivity contribution in [1.82, 2.24) is 5.32 Å². The Kier molecular flexibility index (Phi) is 1.81. The van der Waals surface area contributed by atoms with Gasteiger partial charge in [-0.25, -0.2) is 8.42 Å². The average molecular weight is 224 g/mol.